The number of ether oxygens (including phenoxy) is 1. The fourth-order valence-electron chi connectivity index (χ4n) is 4.86. The molecule has 0 spiro atoms. The summed E-state index contributed by atoms with van der Waals surface area (Å²) in [5.41, 5.74) is 9.43. The zero-order chi connectivity index (χ0) is 23.4. The predicted molar refractivity (Wildman–Crippen MR) is 135 cm³/mol. The van der Waals surface area contributed by atoms with Crippen LogP contribution in [0.4, 0.5) is 0 Å². The van der Waals surface area contributed by atoms with E-state index in [1.807, 2.05) is 41.4 Å². The normalized spacial score (nSPS) is 16.1. The lowest BCUT2D eigenvalue weighted by atomic mass is 10.0. The maximum Gasteiger partial charge on any atom is 0.274 e. The Labute approximate surface area is 203 Å². The smallest absolute Gasteiger partial charge is 0.274 e. The highest BCUT2D eigenvalue weighted by Gasteiger charge is 2.25. The summed E-state index contributed by atoms with van der Waals surface area (Å²) < 4.78 is 11.0. The molecule has 0 saturated carbocycles. The van der Waals surface area contributed by atoms with Crippen LogP contribution < -0.4 is 16.0 Å². The van der Waals surface area contributed by atoms with Gasteiger partial charge in [0.25, 0.3) is 11.5 Å². The molecule has 4 heterocycles. The standard InChI is InChI=1S/C24H28N6O3.ClH/c1-27-9-7-14-11-18(28(2)20(14)24(27)32)22-26-17-10-15(12-19(33-4)21(17)29(22)3)23(31)30-8-5-6-16(25)13-30;/h7,9-12,16H,5-6,8,13,25H2,1-4H3;1H/t16-;/m1./s1. The largest absolute Gasteiger partial charge is 0.494 e. The maximum atomic E-state index is 13.2. The molecule has 10 heteroatoms. The van der Waals surface area contributed by atoms with Gasteiger partial charge in [-0.05, 0) is 37.1 Å². The van der Waals surface area contributed by atoms with Crippen LogP contribution in [0.3, 0.4) is 0 Å². The molecule has 5 rings (SSSR count). The summed E-state index contributed by atoms with van der Waals surface area (Å²) in [5.74, 6) is 1.20. The van der Waals surface area contributed by atoms with E-state index in [4.69, 9.17) is 15.5 Å². The molecule has 3 aromatic heterocycles. The van der Waals surface area contributed by atoms with Crippen LogP contribution in [0.5, 0.6) is 5.75 Å². The van der Waals surface area contributed by atoms with Crippen LogP contribution >= 0.6 is 12.4 Å². The highest BCUT2D eigenvalue weighted by molar-refractivity contribution is 6.00. The van der Waals surface area contributed by atoms with Crippen LogP contribution in [0.25, 0.3) is 33.5 Å². The van der Waals surface area contributed by atoms with Gasteiger partial charge in [-0.15, -0.1) is 12.4 Å². The van der Waals surface area contributed by atoms with Crippen LogP contribution in [0.1, 0.15) is 23.2 Å². The first-order valence-corrected chi connectivity index (χ1v) is 11.0. The number of amides is 1. The van der Waals surface area contributed by atoms with Crippen molar-refractivity contribution < 1.29 is 9.53 Å². The number of benzene rings is 1. The number of carbonyl (C=O) groups is 1. The summed E-state index contributed by atoms with van der Waals surface area (Å²) in [6.45, 7) is 1.25. The molecule has 0 unspecified atom stereocenters. The molecule has 180 valence electrons. The molecule has 1 aliphatic rings. The minimum absolute atomic E-state index is 0. The van der Waals surface area contributed by atoms with E-state index in [2.05, 4.69) is 0 Å². The number of nitrogens with zero attached hydrogens (tertiary/aromatic N) is 5. The Bertz CT molecular complexity index is 1470. The number of aryl methyl sites for hydroxylation is 3. The van der Waals surface area contributed by atoms with Crippen molar-refractivity contribution in [1.29, 1.82) is 0 Å². The van der Waals surface area contributed by atoms with E-state index in [1.54, 1.807) is 35.9 Å². The number of hydrogen-bond acceptors (Lipinski definition) is 5. The second-order valence-electron chi connectivity index (χ2n) is 8.82. The number of piperidine rings is 1. The highest BCUT2D eigenvalue weighted by Crippen LogP contribution is 2.33. The fraction of sp³-hybridized carbons (Fsp3) is 0.375. The number of aromatic nitrogens is 4. The number of hydrogen-bond donors (Lipinski definition) is 1. The van der Waals surface area contributed by atoms with Gasteiger partial charge in [-0.3, -0.25) is 9.59 Å². The SMILES string of the molecule is COc1cc(C(=O)N2CCC[C@@H](N)C2)cc2nc(-c3cc4ccn(C)c(=O)c4n3C)n(C)c12.Cl. The van der Waals surface area contributed by atoms with Crippen molar-refractivity contribution in [3.8, 4) is 17.3 Å². The summed E-state index contributed by atoms with van der Waals surface area (Å²) in [6.07, 6.45) is 3.60. The monoisotopic (exact) mass is 484 g/mol. The molecule has 9 nitrogen and oxygen atoms in total. The molecule has 1 amide bonds. The Kier molecular flexibility index (Phi) is 6.18. The number of fused-ring (bicyclic) bond motifs is 2. The van der Waals surface area contributed by atoms with E-state index in [0.717, 1.165) is 29.4 Å². The predicted octanol–water partition coefficient (Wildman–Crippen LogP) is 2.42. The van der Waals surface area contributed by atoms with Gasteiger partial charge < -0.3 is 29.1 Å². The number of pyridine rings is 1. The van der Waals surface area contributed by atoms with Crippen LogP contribution in [-0.2, 0) is 21.1 Å². The zero-order valence-corrected chi connectivity index (χ0v) is 20.6. The van der Waals surface area contributed by atoms with Crippen LogP contribution in [0.2, 0.25) is 0 Å². The number of carbonyl (C=O) groups excluding carboxylic acids is 1. The molecule has 1 atom stereocenters. The van der Waals surface area contributed by atoms with E-state index in [1.165, 1.54) is 0 Å². The summed E-state index contributed by atoms with van der Waals surface area (Å²) in [5, 5.41) is 0.854. The van der Waals surface area contributed by atoms with E-state index >= 15 is 0 Å². The molecule has 1 saturated heterocycles. The molecule has 2 N–H and O–H groups in total. The third kappa shape index (κ3) is 3.65. The average molecular weight is 485 g/mol. The van der Waals surface area contributed by atoms with Gasteiger partial charge in [0, 0.05) is 57.4 Å². The second kappa shape index (κ2) is 8.81. The van der Waals surface area contributed by atoms with Gasteiger partial charge in [-0.2, -0.15) is 0 Å². The third-order valence-corrected chi connectivity index (χ3v) is 6.64. The van der Waals surface area contributed by atoms with Crippen molar-refractivity contribution in [3.05, 3.63) is 46.4 Å². The highest BCUT2D eigenvalue weighted by atomic mass is 35.5. The summed E-state index contributed by atoms with van der Waals surface area (Å²) in [7, 11) is 7.10. The zero-order valence-electron chi connectivity index (χ0n) is 19.7. The Morgan fingerprint density at radius 1 is 1.15 bits per heavy atom. The van der Waals surface area contributed by atoms with Crippen molar-refractivity contribution in [2.24, 2.45) is 26.9 Å². The van der Waals surface area contributed by atoms with Crippen molar-refractivity contribution in [1.82, 2.24) is 23.6 Å². The first kappa shape index (κ1) is 23.8. The molecular formula is C24H29ClN6O3. The van der Waals surface area contributed by atoms with Gasteiger partial charge in [0.1, 0.15) is 16.8 Å². The van der Waals surface area contributed by atoms with E-state index in [0.29, 0.717) is 41.3 Å². The molecule has 0 aliphatic carbocycles. The van der Waals surface area contributed by atoms with Crippen LogP contribution in [-0.4, -0.2) is 55.7 Å². The molecule has 1 fully saturated rings. The Morgan fingerprint density at radius 2 is 1.91 bits per heavy atom. The van der Waals surface area contributed by atoms with Crippen molar-refractivity contribution in [2.75, 3.05) is 20.2 Å². The second-order valence-corrected chi connectivity index (χ2v) is 8.82. The molecule has 34 heavy (non-hydrogen) atoms. The molecule has 1 aliphatic heterocycles. The maximum absolute atomic E-state index is 13.2. The van der Waals surface area contributed by atoms with E-state index in [-0.39, 0.29) is 29.9 Å². The first-order valence-electron chi connectivity index (χ1n) is 11.0. The third-order valence-electron chi connectivity index (χ3n) is 6.64. The number of methoxy groups -OCH3 is 1. The summed E-state index contributed by atoms with van der Waals surface area (Å²) in [6, 6.07) is 7.47. The first-order chi connectivity index (χ1) is 15.8. The number of imidazole rings is 1. The number of likely N-dealkylation sites (tertiary alicyclic amines) is 1. The van der Waals surface area contributed by atoms with Gasteiger partial charge >= 0.3 is 0 Å². The van der Waals surface area contributed by atoms with Crippen LogP contribution in [0, 0.1) is 0 Å². The van der Waals surface area contributed by atoms with E-state index < -0.39 is 0 Å². The van der Waals surface area contributed by atoms with Crippen molar-refractivity contribution >= 4 is 40.3 Å². The van der Waals surface area contributed by atoms with Gasteiger partial charge in [-0.1, -0.05) is 0 Å². The average Bonchev–Trinajstić information content (AvgIpc) is 3.32. The van der Waals surface area contributed by atoms with Crippen LogP contribution in [0.15, 0.2) is 35.3 Å². The van der Waals surface area contributed by atoms with E-state index in [9.17, 15) is 9.59 Å². The van der Waals surface area contributed by atoms with Gasteiger partial charge in [0.05, 0.1) is 18.3 Å². The molecule has 1 aromatic carbocycles. The Morgan fingerprint density at radius 3 is 2.62 bits per heavy atom. The summed E-state index contributed by atoms with van der Waals surface area (Å²) >= 11 is 0. The Hall–Kier alpha value is -3.30. The number of halogens is 1. The topological polar surface area (TPSA) is 100 Å². The van der Waals surface area contributed by atoms with Crippen molar-refractivity contribution in [2.45, 2.75) is 18.9 Å². The molecule has 0 bridgehead atoms. The lowest BCUT2D eigenvalue weighted by molar-refractivity contribution is 0.0708. The van der Waals surface area contributed by atoms with Crippen molar-refractivity contribution in [3.63, 3.8) is 0 Å². The van der Waals surface area contributed by atoms with Gasteiger partial charge in [-0.25, -0.2) is 4.98 Å². The number of rotatable bonds is 3. The lowest BCUT2D eigenvalue weighted by Crippen LogP contribution is -2.45. The quantitative estimate of drug-likeness (QED) is 0.481. The number of nitrogens with two attached hydrogens (primary N) is 1. The minimum Gasteiger partial charge on any atom is -0.494 e. The molecular weight excluding hydrogens is 456 g/mol. The lowest BCUT2D eigenvalue weighted by Gasteiger charge is -2.30. The minimum atomic E-state index is -0.0646. The molecule has 4 aromatic rings. The molecule has 0 radical (unpaired) electrons. The fourth-order valence-corrected chi connectivity index (χ4v) is 4.86. The summed E-state index contributed by atoms with van der Waals surface area (Å²) in [4.78, 5) is 32.6. The Balaban J connectivity index is 0.00000274. The van der Waals surface area contributed by atoms with Gasteiger partial charge in [0.15, 0.2) is 5.82 Å². The van der Waals surface area contributed by atoms with Gasteiger partial charge in [0.2, 0.25) is 0 Å².